The molecule has 0 fully saturated rings. The molecule has 10 heteroatoms. The normalized spacial score (nSPS) is 12.3. The lowest BCUT2D eigenvalue weighted by Crippen LogP contribution is -2.12. The first-order valence-electron chi connectivity index (χ1n) is 8.85. The minimum Gasteiger partial charge on any atom is -0.497 e. The van der Waals surface area contributed by atoms with Crippen LogP contribution >= 0.6 is 34.4 Å². The number of nitrogens with one attached hydrogen (secondary N) is 2. The van der Waals surface area contributed by atoms with Gasteiger partial charge in [-0.15, -0.1) is 21.5 Å². The summed E-state index contributed by atoms with van der Waals surface area (Å²) < 4.78 is 6.03. The third-order valence-electron chi connectivity index (χ3n) is 4.45. The topological polar surface area (TPSA) is 92.8 Å². The van der Waals surface area contributed by atoms with Crippen LogP contribution in [-0.4, -0.2) is 27.3 Å². The number of aryl methyl sites for hydroxylation is 2. The lowest BCUT2D eigenvalue weighted by molar-refractivity contribution is 0.415. The van der Waals surface area contributed by atoms with Crippen molar-refractivity contribution >= 4 is 55.5 Å². The molecule has 29 heavy (non-hydrogen) atoms. The van der Waals surface area contributed by atoms with E-state index in [1.165, 1.54) is 23.1 Å². The minimum absolute atomic E-state index is 0.0626. The van der Waals surface area contributed by atoms with Gasteiger partial charge in [0.05, 0.1) is 17.7 Å². The quantitative estimate of drug-likeness (QED) is 0.401. The molecule has 7 nitrogen and oxygen atoms in total. The van der Waals surface area contributed by atoms with E-state index in [2.05, 4.69) is 25.5 Å². The van der Waals surface area contributed by atoms with Crippen molar-refractivity contribution in [3.8, 4) is 5.75 Å². The van der Waals surface area contributed by atoms with Crippen molar-refractivity contribution in [2.45, 2.75) is 30.4 Å². The molecule has 150 valence electrons. The molecule has 3 aromatic heterocycles. The number of hydrogen-bond acceptors (Lipinski definition) is 9. The molecule has 1 atom stereocenters. The fraction of sp³-hybridized carbons (Fsp3) is 0.263. The number of fused-ring (bicyclic) bond motifs is 1. The highest BCUT2D eigenvalue weighted by Gasteiger charge is 2.18. The standard InChI is InChI=1S/C19H19N5O2S3/c1-9-10(2)27-17-14(9)16(25)21-15(22-17)11(3)28-19-24-23-18(29-19)20-12-6-5-7-13(8-12)26-4/h5-8,11H,1-4H3,(H,20,23)(H,21,22,25)/t11-/m1/s1. The van der Waals surface area contributed by atoms with E-state index in [0.717, 1.165) is 31.0 Å². The van der Waals surface area contributed by atoms with E-state index in [0.29, 0.717) is 16.3 Å². The molecule has 4 aromatic rings. The highest BCUT2D eigenvalue weighted by Crippen LogP contribution is 2.37. The maximum atomic E-state index is 12.5. The second kappa shape index (κ2) is 8.13. The van der Waals surface area contributed by atoms with Crippen LogP contribution in [0.5, 0.6) is 5.75 Å². The molecule has 3 heterocycles. The Balaban J connectivity index is 1.51. The van der Waals surface area contributed by atoms with Crippen molar-refractivity contribution in [3.63, 3.8) is 0 Å². The Morgan fingerprint density at radius 1 is 1.24 bits per heavy atom. The Morgan fingerprint density at radius 3 is 2.86 bits per heavy atom. The van der Waals surface area contributed by atoms with Gasteiger partial charge in [0.1, 0.15) is 16.4 Å². The summed E-state index contributed by atoms with van der Waals surface area (Å²) in [5, 5.41) is 13.0. The van der Waals surface area contributed by atoms with Gasteiger partial charge in [0, 0.05) is 16.6 Å². The van der Waals surface area contributed by atoms with Gasteiger partial charge in [0.25, 0.3) is 5.56 Å². The number of ether oxygens (including phenoxy) is 1. The number of H-pyrrole nitrogens is 1. The van der Waals surface area contributed by atoms with Gasteiger partial charge in [-0.2, -0.15) is 0 Å². The molecule has 0 aliphatic carbocycles. The summed E-state index contributed by atoms with van der Waals surface area (Å²) in [6, 6.07) is 7.63. The van der Waals surface area contributed by atoms with E-state index in [9.17, 15) is 4.79 Å². The molecule has 2 N–H and O–H groups in total. The third kappa shape index (κ3) is 4.14. The van der Waals surface area contributed by atoms with E-state index < -0.39 is 0 Å². The van der Waals surface area contributed by atoms with Crippen molar-refractivity contribution in [1.29, 1.82) is 0 Å². The Morgan fingerprint density at radius 2 is 2.07 bits per heavy atom. The SMILES string of the molecule is COc1cccc(Nc2nnc(S[C@H](C)c3nc4sc(C)c(C)c4c(=O)[nH]3)s2)c1. The van der Waals surface area contributed by atoms with Crippen LogP contribution in [0.3, 0.4) is 0 Å². The van der Waals surface area contributed by atoms with E-state index in [4.69, 9.17) is 4.74 Å². The van der Waals surface area contributed by atoms with Crippen LogP contribution in [0.4, 0.5) is 10.8 Å². The number of methoxy groups -OCH3 is 1. The van der Waals surface area contributed by atoms with Crippen molar-refractivity contribution in [2.24, 2.45) is 0 Å². The fourth-order valence-corrected chi connectivity index (χ4v) is 5.81. The first kappa shape index (κ1) is 19.9. The molecule has 0 radical (unpaired) electrons. The van der Waals surface area contributed by atoms with Crippen molar-refractivity contribution < 1.29 is 4.74 Å². The smallest absolute Gasteiger partial charge is 0.259 e. The zero-order valence-electron chi connectivity index (χ0n) is 16.3. The fourth-order valence-electron chi connectivity index (χ4n) is 2.80. The molecule has 0 saturated carbocycles. The average molecular weight is 446 g/mol. The molecule has 4 rings (SSSR count). The van der Waals surface area contributed by atoms with Crippen molar-refractivity contribution in [3.05, 3.63) is 50.9 Å². The number of aromatic nitrogens is 4. The van der Waals surface area contributed by atoms with Crippen LogP contribution in [0.25, 0.3) is 10.2 Å². The molecule has 0 amide bonds. The van der Waals surface area contributed by atoms with E-state index in [-0.39, 0.29) is 10.8 Å². The summed E-state index contributed by atoms with van der Waals surface area (Å²) >= 11 is 4.52. The monoisotopic (exact) mass is 445 g/mol. The van der Waals surface area contributed by atoms with Gasteiger partial charge in [-0.1, -0.05) is 29.2 Å². The van der Waals surface area contributed by atoms with Crippen LogP contribution < -0.4 is 15.6 Å². The van der Waals surface area contributed by atoms with Gasteiger partial charge >= 0.3 is 0 Å². The minimum atomic E-state index is -0.0862. The van der Waals surface area contributed by atoms with Crippen LogP contribution in [0.1, 0.15) is 28.4 Å². The Labute approximate surface area is 179 Å². The number of thiophene rings is 1. The van der Waals surface area contributed by atoms with Crippen molar-refractivity contribution in [2.75, 3.05) is 12.4 Å². The molecule has 0 saturated heterocycles. The van der Waals surface area contributed by atoms with Crippen LogP contribution in [0.2, 0.25) is 0 Å². The summed E-state index contributed by atoms with van der Waals surface area (Å²) in [5.41, 5.74) is 1.80. The van der Waals surface area contributed by atoms with Gasteiger partial charge in [-0.05, 0) is 38.5 Å². The average Bonchev–Trinajstić information content (AvgIpc) is 3.25. The summed E-state index contributed by atoms with van der Waals surface area (Å²) in [6.07, 6.45) is 0. The number of rotatable bonds is 6. The molecule has 0 unspecified atom stereocenters. The summed E-state index contributed by atoms with van der Waals surface area (Å²) in [5.74, 6) is 1.42. The lowest BCUT2D eigenvalue weighted by Gasteiger charge is -2.08. The molecule has 1 aromatic carbocycles. The van der Waals surface area contributed by atoms with Crippen molar-refractivity contribution in [1.82, 2.24) is 20.2 Å². The Bertz CT molecular complexity index is 1230. The highest BCUT2D eigenvalue weighted by atomic mass is 32.2. The first-order valence-corrected chi connectivity index (χ1v) is 11.4. The molecular formula is C19H19N5O2S3. The van der Waals surface area contributed by atoms with Crippen LogP contribution in [-0.2, 0) is 0 Å². The summed E-state index contributed by atoms with van der Waals surface area (Å²) in [6.45, 7) is 5.97. The molecule has 0 aliphatic heterocycles. The Kier molecular flexibility index (Phi) is 5.57. The first-order chi connectivity index (χ1) is 13.9. The third-order valence-corrected chi connectivity index (χ3v) is 7.58. The lowest BCUT2D eigenvalue weighted by atomic mass is 10.2. The number of anilines is 2. The number of hydrogen-bond donors (Lipinski definition) is 2. The number of nitrogens with zero attached hydrogens (tertiary/aromatic N) is 3. The maximum Gasteiger partial charge on any atom is 0.259 e. The molecule has 0 spiro atoms. The largest absolute Gasteiger partial charge is 0.497 e. The predicted octanol–water partition coefficient (Wildman–Crippen LogP) is 5.06. The van der Waals surface area contributed by atoms with Gasteiger partial charge in [-0.3, -0.25) is 4.79 Å². The predicted molar refractivity (Wildman–Crippen MR) is 120 cm³/mol. The second-order valence-corrected chi connectivity index (χ2v) is 10.2. The molecule has 0 bridgehead atoms. The number of thioether (sulfide) groups is 1. The van der Waals surface area contributed by atoms with Gasteiger partial charge in [0.15, 0.2) is 4.34 Å². The molecule has 0 aliphatic rings. The van der Waals surface area contributed by atoms with E-state index in [1.807, 2.05) is 45.0 Å². The van der Waals surface area contributed by atoms with E-state index in [1.54, 1.807) is 18.4 Å². The maximum absolute atomic E-state index is 12.5. The zero-order valence-corrected chi connectivity index (χ0v) is 18.7. The van der Waals surface area contributed by atoms with Gasteiger partial charge < -0.3 is 15.0 Å². The van der Waals surface area contributed by atoms with Crippen LogP contribution in [0.15, 0.2) is 33.4 Å². The number of benzene rings is 1. The molecular weight excluding hydrogens is 426 g/mol. The second-order valence-electron chi connectivity index (χ2n) is 6.40. The summed E-state index contributed by atoms with van der Waals surface area (Å²) in [7, 11) is 1.63. The zero-order chi connectivity index (χ0) is 20.5. The highest BCUT2D eigenvalue weighted by molar-refractivity contribution is 8.01. The Hall–Kier alpha value is -2.43. The van der Waals surface area contributed by atoms with Crippen LogP contribution in [0, 0.1) is 13.8 Å². The van der Waals surface area contributed by atoms with Gasteiger partial charge in [0.2, 0.25) is 5.13 Å². The van der Waals surface area contributed by atoms with Gasteiger partial charge in [-0.25, -0.2) is 4.98 Å². The van der Waals surface area contributed by atoms with E-state index >= 15 is 0 Å². The number of aromatic amines is 1. The summed E-state index contributed by atoms with van der Waals surface area (Å²) in [4.78, 5) is 22.0.